The van der Waals surface area contributed by atoms with Crippen LogP contribution < -0.4 is 9.46 Å². The van der Waals surface area contributed by atoms with Crippen LogP contribution in [0.4, 0.5) is 10.1 Å². The predicted octanol–water partition coefficient (Wildman–Crippen LogP) is 1.24. The first-order valence-corrected chi connectivity index (χ1v) is 9.63. The van der Waals surface area contributed by atoms with Crippen molar-refractivity contribution in [2.45, 2.75) is 32.0 Å². The molecule has 1 atom stereocenters. The first-order chi connectivity index (χ1) is 12.0. The van der Waals surface area contributed by atoms with Gasteiger partial charge in [-0.15, -0.1) is 0 Å². The van der Waals surface area contributed by atoms with E-state index in [9.17, 15) is 22.4 Å². The number of amides is 1. The van der Waals surface area contributed by atoms with Crippen molar-refractivity contribution in [2.24, 2.45) is 0 Å². The molecule has 144 valence electrons. The summed E-state index contributed by atoms with van der Waals surface area (Å²) in [5.41, 5.74) is -2.28. The maximum atomic E-state index is 14.0. The van der Waals surface area contributed by atoms with Crippen LogP contribution in [0.15, 0.2) is 24.3 Å². The maximum Gasteiger partial charge on any atom is 0.343 e. The Kier molecular flexibility index (Phi) is 5.74. The number of ether oxygens (including phenoxy) is 1. The molecule has 10 heteroatoms. The highest BCUT2D eigenvalue weighted by Gasteiger charge is 2.47. The summed E-state index contributed by atoms with van der Waals surface area (Å²) in [5, 5.41) is 8.82. The molecule has 0 saturated carbocycles. The summed E-state index contributed by atoms with van der Waals surface area (Å²) in [6, 6.07) is 6.16. The second kappa shape index (κ2) is 7.48. The Labute approximate surface area is 151 Å². The summed E-state index contributed by atoms with van der Waals surface area (Å²) in [5.74, 6) is -2.83. The van der Waals surface area contributed by atoms with Crippen LogP contribution in [0, 0.1) is 0 Å². The minimum atomic E-state index is -4.02. The lowest BCUT2D eigenvalue weighted by molar-refractivity contribution is -0.150. The summed E-state index contributed by atoms with van der Waals surface area (Å²) < 4.78 is 45.9. The Morgan fingerprint density at radius 3 is 2.46 bits per heavy atom. The predicted molar refractivity (Wildman–Crippen MR) is 92.3 cm³/mol. The van der Waals surface area contributed by atoms with Gasteiger partial charge in [-0.3, -0.25) is 9.52 Å². The molecular formula is C16H21FN2O6S. The van der Waals surface area contributed by atoms with Gasteiger partial charge in [0.25, 0.3) is 0 Å². The summed E-state index contributed by atoms with van der Waals surface area (Å²) in [4.78, 5) is 23.8. The summed E-state index contributed by atoms with van der Waals surface area (Å²) >= 11 is 0. The van der Waals surface area contributed by atoms with Gasteiger partial charge >= 0.3 is 5.97 Å². The largest absolute Gasteiger partial charge is 0.491 e. The monoisotopic (exact) mass is 388 g/mol. The van der Waals surface area contributed by atoms with Gasteiger partial charge in [-0.25, -0.2) is 17.6 Å². The molecule has 0 bridgehead atoms. The van der Waals surface area contributed by atoms with Crippen molar-refractivity contribution in [2.75, 3.05) is 23.6 Å². The molecule has 1 unspecified atom stereocenters. The van der Waals surface area contributed by atoms with Crippen molar-refractivity contribution in [3.63, 3.8) is 0 Å². The second-order valence-corrected chi connectivity index (χ2v) is 8.11. The molecule has 0 spiro atoms. The average molecular weight is 388 g/mol. The smallest absolute Gasteiger partial charge is 0.343 e. The van der Waals surface area contributed by atoms with E-state index in [-0.39, 0.29) is 24.8 Å². The normalized spacial score (nSPS) is 20.2. The Morgan fingerprint density at radius 1 is 1.35 bits per heavy atom. The van der Waals surface area contributed by atoms with E-state index < -0.39 is 39.9 Å². The Bertz CT molecular complexity index is 780. The lowest BCUT2D eigenvalue weighted by Crippen LogP contribution is -2.41. The first kappa shape index (κ1) is 20.0. The standard InChI is InChI=1S/C16H21FN2O6S/c1-11(2)25-13-5-3-12(4-6-13)18-26(23,24)9-14(20)19-8-7-16(17,10-19)15(21)22/h3-6,11,18H,7-10H2,1-2H3,(H,21,22). The number of carbonyl (C=O) groups excluding carboxylic acids is 1. The Balaban J connectivity index is 1.96. The van der Waals surface area contributed by atoms with E-state index >= 15 is 0 Å². The number of rotatable bonds is 7. The van der Waals surface area contributed by atoms with E-state index in [1.165, 1.54) is 12.1 Å². The number of benzene rings is 1. The van der Waals surface area contributed by atoms with E-state index in [1.54, 1.807) is 12.1 Å². The van der Waals surface area contributed by atoms with Gasteiger partial charge in [0.05, 0.1) is 12.6 Å². The molecule has 0 aromatic heterocycles. The van der Waals surface area contributed by atoms with Gasteiger partial charge in [0.1, 0.15) is 11.5 Å². The van der Waals surface area contributed by atoms with Crippen molar-refractivity contribution in [1.29, 1.82) is 0 Å². The number of nitrogens with zero attached hydrogens (tertiary/aromatic N) is 1. The first-order valence-electron chi connectivity index (χ1n) is 7.98. The molecule has 1 aromatic rings. The molecular weight excluding hydrogens is 367 g/mol. The molecule has 1 heterocycles. The third-order valence-corrected chi connectivity index (χ3v) is 4.94. The van der Waals surface area contributed by atoms with Gasteiger partial charge in [0.15, 0.2) is 0 Å². The SMILES string of the molecule is CC(C)Oc1ccc(NS(=O)(=O)CC(=O)N2CCC(F)(C(=O)O)C2)cc1. The number of sulfonamides is 1. The van der Waals surface area contributed by atoms with E-state index in [2.05, 4.69) is 4.72 Å². The lowest BCUT2D eigenvalue weighted by Gasteiger charge is -2.18. The topological polar surface area (TPSA) is 113 Å². The number of anilines is 1. The van der Waals surface area contributed by atoms with Crippen LogP contribution in [0.1, 0.15) is 20.3 Å². The maximum absolute atomic E-state index is 14.0. The Morgan fingerprint density at radius 2 is 1.96 bits per heavy atom. The van der Waals surface area contributed by atoms with Crippen molar-refractivity contribution in [3.05, 3.63) is 24.3 Å². The number of carboxylic acids is 1. The third-order valence-electron chi connectivity index (χ3n) is 3.77. The molecule has 8 nitrogen and oxygen atoms in total. The van der Waals surface area contributed by atoms with Crippen molar-refractivity contribution in [3.8, 4) is 5.75 Å². The van der Waals surface area contributed by atoms with E-state index in [1.807, 2.05) is 13.8 Å². The molecule has 0 radical (unpaired) electrons. The highest BCUT2D eigenvalue weighted by atomic mass is 32.2. The number of nitrogens with one attached hydrogen (secondary N) is 1. The van der Waals surface area contributed by atoms with Gasteiger partial charge in [0.2, 0.25) is 21.6 Å². The van der Waals surface area contributed by atoms with Crippen LogP contribution in [0.2, 0.25) is 0 Å². The van der Waals surface area contributed by atoms with Gasteiger partial charge in [-0.2, -0.15) is 0 Å². The van der Waals surface area contributed by atoms with Gasteiger partial charge in [-0.1, -0.05) is 0 Å². The molecule has 1 amide bonds. The van der Waals surface area contributed by atoms with Gasteiger partial charge < -0.3 is 14.7 Å². The summed E-state index contributed by atoms with van der Waals surface area (Å²) in [7, 11) is -4.02. The Hall–Kier alpha value is -2.36. The molecule has 1 aromatic carbocycles. The molecule has 26 heavy (non-hydrogen) atoms. The van der Waals surface area contributed by atoms with Crippen LogP contribution in [-0.2, 0) is 19.6 Å². The quantitative estimate of drug-likeness (QED) is 0.727. The van der Waals surface area contributed by atoms with Gasteiger partial charge in [0, 0.05) is 18.7 Å². The average Bonchev–Trinajstić information content (AvgIpc) is 2.92. The zero-order chi connectivity index (χ0) is 19.5. The summed E-state index contributed by atoms with van der Waals surface area (Å²) in [6.07, 6.45) is -0.386. The number of hydrogen-bond acceptors (Lipinski definition) is 5. The highest BCUT2D eigenvalue weighted by Crippen LogP contribution is 2.26. The number of likely N-dealkylation sites (tertiary alicyclic amines) is 1. The molecule has 2 N–H and O–H groups in total. The van der Waals surface area contributed by atoms with E-state index in [0.717, 1.165) is 4.90 Å². The van der Waals surface area contributed by atoms with Crippen LogP contribution in [0.5, 0.6) is 5.75 Å². The van der Waals surface area contributed by atoms with Crippen LogP contribution in [-0.4, -0.2) is 60.9 Å². The van der Waals surface area contributed by atoms with Crippen molar-refractivity contribution < 1.29 is 32.2 Å². The second-order valence-electron chi connectivity index (χ2n) is 6.39. The molecule has 0 aliphatic carbocycles. The van der Waals surface area contributed by atoms with Crippen molar-refractivity contribution >= 4 is 27.6 Å². The molecule has 1 saturated heterocycles. The van der Waals surface area contributed by atoms with E-state index in [0.29, 0.717) is 5.75 Å². The zero-order valence-electron chi connectivity index (χ0n) is 14.4. The van der Waals surface area contributed by atoms with Crippen LogP contribution in [0.25, 0.3) is 0 Å². The number of hydrogen-bond donors (Lipinski definition) is 2. The highest BCUT2D eigenvalue weighted by molar-refractivity contribution is 7.93. The minimum Gasteiger partial charge on any atom is -0.491 e. The molecule has 1 aliphatic heterocycles. The summed E-state index contributed by atoms with van der Waals surface area (Å²) in [6.45, 7) is 2.92. The van der Waals surface area contributed by atoms with Crippen LogP contribution in [0.3, 0.4) is 0 Å². The molecule has 1 fully saturated rings. The number of aliphatic carboxylic acids is 1. The number of carbonyl (C=O) groups is 2. The fourth-order valence-electron chi connectivity index (χ4n) is 2.50. The molecule has 2 rings (SSSR count). The van der Waals surface area contributed by atoms with Crippen LogP contribution >= 0.6 is 0 Å². The number of alkyl halides is 1. The fourth-order valence-corrected chi connectivity index (χ4v) is 3.58. The molecule has 1 aliphatic rings. The number of halogens is 1. The zero-order valence-corrected chi connectivity index (χ0v) is 15.3. The minimum absolute atomic E-state index is 0.0240. The lowest BCUT2D eigenvalue weighted by atomic mass is 10.1. The van der Waals surface area contributed by atoms with Gasteiger partial charge in [-0.05, 0) is 38.1 Å². The van der Waals surface area contributed by atoms with Crippen molar-refractivity contribution in [1.82, 2.24) is 4.90 Å². The third kappa shape index (κ3) is 5.07. The fraction of sp³-hybridized carbons (Fsp3) is 0.500. The van der Waals surface area contributed by atoms with E-state index in [4.69, 9.17) is 9.84 Å². The number of carboxylic acid groups (broad SMARTS) is 1.